The summed E-state index contributed by atoms with van der Waals surface area (Å²) in [7, 11) is -17.5. The van der Waals surface area contributed by atoms with Crippen molar-refractivity contribution in [2.24, 2.45) is 0 Å². The van der Waals surface area contributed by atoms with E-state index in [-0.39, 0.29) is 17.1 Å². The number of phosphoric acid groups is 3. The van der Waals surface area contributed by atoms with E-state index < -0.39 is 90.9 Å². The number of fused-ring (bicyclic) bond motifs is 1. The summed E-state index contributed by atoms with van der Waals surface area (Å²) in [4.78, 5) is 59.1. The van der Waals surface area contributed by atoms with Crippen molar-refractivity contribution in [3.05, 3.63) is 16.7 Å². The number of aliphatic hydroxyl groups excluding tert-OH is 3. The van der Waals surface area contributed by atoms with Crippen LogP contribution in [0.4, 0.5) is 5.95 Å². The van der Waals surface area contributed by atoms with E-state index in [9.17, 15) is 48.7 Å². The van der Waals surface area contributed by atoms with Crippen LogP contribution < -0.4 is 11.3 Å². The molecule has 2 aliphatic rings. The first-order valence-electron chi connectivity index (χ1n) is 11.4. The largest absolute Gasteiger partial charge is 0.490 e. The van der Waals surface area contributed by atoms with E-state index in [1.54, 1.807) is 0 Å². The minimum Gasteiger partial charge on any atom is -0.394 e. The van der Waals surface area contributed by atoms with Crippen molar-refractivity contribution in [1.29, 1.82) is 0 Å². The van der Waals surface area contributed by atoms with Gasteiger partial charge in [-0.1, -0.05) is 0 Å². The van der Waals surface area contributed by atoms with E-state index in [1.165, 1.54) is 0 Å². The van der Waals surface area contributed by atoms with Crippen molar-refractivity contribution >= 4 is 40.6 Å². The SMILES string of the molecule is C[C@]1(O)C(OC[C@H]2O[C@@H](n3cnc4c(=O)[nH]c(N)nc43)[C@H](O)[C@@H]2OP(=O)(O)OP(=O)(O)OP(=O)(O)O)O[C@H](CO)[C@H]1O. The summed E-state index contributed by atoms with van der Waals surface area (Å²) >= 11 is 0. The van der Waals surface area contributed by atoms with Crippen molar-refractivity contribution < 1.29 is 81.1 Å². The van der Waals surface area contributed by atoms with Crippen LogP contribution in [0.15, 0.2) is 11.1 Å². The van der Waals surface area contributed by atoms with Gasteiger partial charge in [0, 0.05) is 0 Å². The highest BCUT2D eigenvalue weighted by Crippen LogP contribution is 2.67. The van der Waals surface area contributed by atoms with Crippen LogP contribution in [0.3, 0.4) is 0 Å². The molecule has 0 radical (unpaired) electrons. The lowest BCUT2D eigenvalue weighted by Gasteiger charge is -2.28. The summed E-state index contributed by atoms with van der Waals surface area (Å²) in [6.45, 7) is -0.377. The number of ether oxygens (including phenoxy) is 3. The van der Waals surface area contributed by atoms with Gasteiger partial charge in [0.1, 0.15) is 36.1 Å². The molecule has 0 bridgehead atoms. The lowest BCUT2D eigenvalue weighted by atomic mass is 9.98. The number of nitrogens with two attached hydrogens (primary N) is 1. The molecule has 2 aliphatic heterocycles. The molecule has 0 amide bonds. The van der Waals surface area contributed by atoms with E-state index in [2.05, 4.69) is 23.6 Å². The van der Waals surface area contributed by atoms with Crippen LogP contribution >= 0.6 is 23.5 Å². The number of hydrogen-bond donors (Lipinski definition) is 10. The fraction of sp³-hybridized carbons (Fsp3) is 0.688. The van der Waals surface area contributed by atoms with Crippen molar-refractivity contribution in [2.75, 3.05) is 18.9 Å². The van der Waals surface area contributed by atoms with E-state index in [0.717, 1.165) is 17.8 Å². The topological polar surface area (TPSA) is 358 Å². The highest BCUT2D eigenvalue weighted by atomic mass is 31.3. The second kappa shape index (κ2) is 11.7. The molecule has 0 saturated carbocycles. The Morgan fingerprint density at radius 3 is 2.38 bits per heavy atom. The summed E-state index contributed by atoms with van der Waals surface area (Å²) < 4.78 is 64.9. The molecule has 11 N–H and O–H groups in total. The molecule has 2 aromatic heterocycles. The first-order chi connectivity index (χ1) is 19.2. The highest BCUT2D eigenvalue weighted by molar-refractivity contribution is 7.66. The number of hydrogen-bond acceptors (Lipinski definition) is 17. The maximum atomic E-state index is 12.6. The Morgan fingerprint density at radius 1 is 1.12 bits per heavy atom. The third-order valence-electron chi connectivity index (χ3n) is 6.02. The zero-order valence-electron chi connectivity index (χ0n) is 21.0. The first kappa shape index (κ1) is 33.2. The molecule has 0 aromatic carbocycles. The van der Waals surface area contributed by atoms with Crippen LogP contribution in [0.25, 0.3) is 11.2 Å². The van der Waals surface area contributed by atoms with Crippen LogP contribution in [-0.4, -0.2) is 115 Å². The Morgan fingerprint density at radius 2 is 1.79 bits per heavy atom. The predicted molar refractivity (Wildman–Crippen MR) is 130 cm³/mol. The van der Waals surface area contributed by atoms with Gasteiger partial charge in [0.15, 0.2) is 23.7 Å². The Balaban J connectivity index is 1.63. The third kappa shape index (κ3) is 6.98. The number of aliphatic hydroxyl groups is 4. The van der Waals surface area contributed by atoms with Crippen molar-refractivity contribution in [1.82, 2.24) is 19.5 Å². The number of aromatic amines is 1. The number of H-pyrrole nitrogens is 1. The van der Waals surface area contributed by atoms with Gasteiger partial charge < -0.3 is 59.9 Å². The van der Waals surface area contributed by atoms with Gasteiger partial charge in [-0.2, -0.15) is 13.6 Å². The zero-order valence-corrected chi connectivity index (χ0v) is 23.6. The number of aromatic nitrogens is 4. The zero-order chi connectivity index (χ0) is 31.4. The molecule has 26 heteroatoms. The number of nitrogens with one attached hydrogen (secondary N) is 1. The minimum atomic E-state index is -5.94. The number of anilines is 1. The molecular weight excluding hydrogens is 643 g/mol. The Labute approximate surface area is 232 Å². The lowest BCUT2D eigenvalue weighted by Crippen LogP contribution is -2.47. The molecule has 3 unspecified atom stereocenters. The number of rotatable bonds is 11. The molecule has 23 nitrogen and oxygen atoms in total. The van der Waals surface area contributed by atoms with Crippen LogP contribution in [0.2, 0.25) is 0 Å². The maximum absolute atomic E-state index is 12.6. The minimum absolute atomic E-state index is 0.227. The van der Waals surface area contributed by atoms with Gasteiger partial charge in [0.25, 0.3) is 5.56 Å². The molecule has 2 fully saturated rings. The second-order valence-electron chi connectivity index (χ2n) is 9.18. The van der Waals surface area contributed by atoms with Gasteiger partial charge in [-0.05, 0) is 6.92 Å². The molecular formula is C16H26N5O18P3. The number of nitrogens with zero attached hydrogens (tertiary/aromatic N) is 3. The summed E-state index contributed by atoms with van der Waals surface area (Å²) in [5.74, 6) is -0.357. The Kier molecular flexibility index (Phi) is 9.21. The van der Waals surface area contributed by atoms with E-state index in [0.29, 0.717) is 0 Å². The number of phosphoric ester groups is 1. The molecule has 4 heterocycles. The van der Waals surface area contributed by atoms with Crippen molar-refractivity contribution in [2.45, 2.75) is 55.6 Å². The van der Waals surface area contributed by atoms with Gasteiger partial charge >= 0.3 is 23.5 Å². The molecule has 0 spiro atoms. The normalized spacial score (nSPS) is 34.9. The molecule has 238 valence electrons. The van der Waals surface area contributed by atoms with Gasteiger partial charge in [-0.25, -0.2) is 18.7 Å². The van der Waals surface area contributed by atoms with Crippen LogP contribution in [0.1, 0.15) is 13.2 Å². The van der Waals surface area contributed by atoms with Crippen molar-refractivity contribution in [3.63, 3.8) is 0 Å². The average Bonchev–Trinajstić information content (AvgIpc) is 3.43. The summed E-state index contributed by atoms with van der Waals surface area (Å²) in [6, 6.07) is 0. The standard InChI is InChI=1S/C16H26N5O18P3/c1-16(26)10(24)5(2-22)36-14(16)34-3-6-9(37-41(30,31)39-42(32,33)38-40(27,28)29)8(23)13(35-6)21-4-18-7-11(21)19-15(17)20-12(7)25/h4-6,8-10,13-14,22-24,26H,2-3H2,1H3,(H,30,31)(H,32,33)(H2,27,28,29)(H3,17,19,20,25)/t5-,6-,8-,9-,10-,13-,14?,16-/m1/s1. The molecule has 10 atom stereocenters. The summed E-state index contributed by atoms with van der Waals surface area (Å²) in [5.41, 5.74) is 2.21. The lowest BCUT2D eigenvalue weighted by molar-refractivity contribution is -0.216. The number of nitrogen functional groups attached to an aromatic ring is 1. The Bertz CT molecular complexity index is 1510. The van der Waals surface area contributed by atoms with E-state index in [4.69, 9.17) is 34.3 Å². The van der Waals surface area contributed by atoms with Crippen molar-refractivity contribution in [3.8, 4) is 0 Å². The first-order valence-corrected chi connectivity index (χ1v) is 15.9. The van der Waals surface area contributed by atoms with E-state index in [1.807, 2.05) is 0 Å². The second-order valence-corrected chi connectivity index (χ2v) is 13.6. The average molecular weight is 669 g/mol. The van der Waals surface area contributed by atoms with Gasteiger partial charge in [-0.3, -0.25) is 18.9 Å². The third-order valence-corrected chi connectivity index (χ3v) is 9.86. The highest BCUT2D eigenvalue weighted by Gasteiger charge is 2.55. The van der Waals surface area contributed by atoms with Gasteiger partial charge in [-0.15, -0.1) is 0 Å². The van der Waals surface area contributed by atoms with Gasteiger partial charge in [0.2, 0.25) is 5.95 Å². The van der Waals surface area contributed by atoms with Crippen LogP contribution in [0, 0.1) is 0 Å². The molecule has 2 saturated heterocycles. The van der Waals surface area contributed by atoms with Crippen LogP contribution in [-0.2, 0) is 41.1 Å². The summed E-state index contributed by atoms with van der Waals surface area (Å²) in [6.07, 6.45) is -10.9. The Hall–Kier alpha value is -1.72. The van der Waals surface area contributed by atoms with E-state index >= 15 is 0 Å². The number of imidazole rings is 1. The predicted octanol–water partition coefficient (Wildman–Crippen LogP) is -3.48. The molecule has 2 aromatic rings. The fourth-order valence-corrected chi connectivity index (χ4v) is 7.44. The molecule has 4 rings (SSSR count). The smallest absolute Gasteiger partial charge is 0.394 e. The maximum Gasteiger partial charge on any atom is 0.490 e. The fourth-order valence-electron chi connectivity index (χ4n) is 4.22. The monoisotopic (exact) mass is 669 g/mol. The quantitative estimate of drug-likeness (QED) is 0.104. The molecule has 42 heavy (non-hydrogen) atoms. The van der Waals surface area contributed by atoms with Crippen LogP contribution in [0.5, 0.6) is 0 Å². The van der Waals surface area contributed by atoms with Gasteiger partial charge in [0.05, 0.1) is 19.5 Å². The molecule has 0 aliphatic carbocycles. The summed E-state index contributed by atoms with van der Waals surface area (Å²) in [5, 5.41) is 41.1.